The average Bonchev–Trinajstić information content (AvgIpc) is 2.31. The smallest absolute Gasteiger partial charge is 0.0536 e. The predicted molar refractivity (Wildman–Crippen MR) is 70.4 cm³/mol. The average molecular weight is 220 g/mol. The summed E-state index contributed by atoms with van der Waals surface area (Å²) < 4.78 is 0. The minimum atomic E-state index is -0.298. The molecule has 0 aliphatic heterocycles. The van der Waals surface area contributed by atoms with Gasteiger partial charge in [0.2, 0.25) is 0 Å². The molecule has 0 aromatic heterocycles. The molecule has 1 aromatic carbocycles. The number of rotatable bonds is 5. The highest BCUT2D eigenvalue weighted by molar-refractivity contribution is 5.25. The summed E-state index contributed by atoms with van der Waals surface area (Å²) in [6.07, 6.45) is 0. The molecule has 2 nitrogen and oxygen atoms in total. The van der Waals surface area contributed by atoms with Gasteiger partial charge in [0.05, 0.1) is 5.54 Å². The van der Waals surface area contributed by atoms with Crippen molar-refractivity contribution in [2.24, 2.45) is 5.73 Å². The van der Waals surface area contributed by atoms with Gasteiger partial charge in [-0.05, 0) is 32.5 Å². The maximum absolute atomic E-state index is 6.49. The van der Waals surface area contributed by atoms with Crippen molar-refractivity contribution in [3.05, 3.63) is 35.9 Å². The standard InChI is InChI=1S/C14H24N2/c1-5-16(6-2)12(3)14(4,15)13-10-8-7-9-11-13/h7-12H,5-6,15H2,1-4H3. The van der Waals surface area contributed by atoms with Crippen LogP contribution in [0.5, 0.6) is 0 Å². The first-order valence-corrected chi connectivity index (χ1v) is 6.12. The Kier molecular flexibility index (Phi) is 4.51. The fourth-order valence-electron chi connectivity index (χ4n) is 2.19. The zero-order valence-corrected chi connectivity index (χ0v) is 10.9. The Labute approximate surface area is 99.5 Å². The molecule has 2 heteroatoms. The third kappa shape index (κ3) is 2.63. The molecule has 1 rings (SSSR count). The molecule has 0 radical (unpaired) electrons. The van der Waals surface area contributed by atoms with Crippen LogP contribution in [0.2, 0.25) is 0 Å². The van der Waals surface area contributed by atoms with Crippen molar-refractivity contribution in [2.75, 3.05) is 13.1 Å². The lowest BCUT2D eigenvalue weighted by Crippen LogP contribution is -2.52. The molecule has 0 saturated heterocycles. The van der Waals surface area contributed by atoms with Crippen molar-refractivity contribution in [3.63, 3.8) is 0 Å². The van der Waals surface area contributed by atoms with E-state index in [1.807, 2.05) is 6.07 Å². The fraction of sp³-hybridized carbons (Fsp3) is 0.571. The molecule has 0 aliphatic rings. The molecule has 0 bridgehead atoms. The minimum Gasteiger partial charge on any atom is -0.320 e. The van der Waals surface area contributed by atoms with Crippen molar-refractivity contribution >= 4 is 0 Å². The van der Waals surface area contributed by atoms with Gasteiger partial charge in [-0.1, -0.05) is 44.2 Å². The van der Waals surface area contributed by atoms with Crippen LogP contribution in [0.3, 0.4) is 0 Å². The van der Waals surface area contributed by atoms with Crippen LogP contribution in [0, 0.1) is 0 Å². The summed E-state index contributed by atoms with van der Waals surface area (Å²) in [6.45, 7) is 10.8. The van der Waals surface area contributed by atoms with Crippen molar-refractivity contribution in [1.29, 1.82) is 0 Å². The second-order valence-electron chi connectivity index (χ2n) is 4.55. The van der Waals surface area contributed by atoms with E-state index in [-0.39, 0.29) is 5.54 Å². The van der Waals surface area contributed by atoms with E-state index in [0.717, 1.165) is 13.1 Å². The van der Waals surface area contributed by atoms with Gasteiger partial charge in [-0.15, -0.1) is 0 Å². The maximum Gasteiger partial charge on any atom is 0.0536 e. The molecule has 2 unspecified atom stereocenters. The van der Waals surface area contributed by atoms with E-state index in [4.69, 9.17) is 5.73 Å². The monoisotopic (exact) mass is 220 g/mol. The maximum atomic E-state index is 6.49. The first-order valence-electron chi connectivity index (χ1n) is 6.12. The summed E-state index contributed by atoms with van der Waals surface area (Å²) in [7, 11) is 0. The number of hydrogen-bond donors (Lipinski definition) is 1. The van der Waals surface area contributed by atoms with Gasteiger partial charge in [0.25, 0.3) is 0 Å². The van der Waals surface area contributed by atoms with Crippen LogP contribution in [0.1, 0.15) is 33.3 Å². The topological polar surface area (TPSA) is 29.3 Å². The zero-order valence-electron chi connectivity index (χ0n) is 10.9. The second-order valence-corrected chi connectivity index (χ2v) is 4.55. The van der Waals surface area contributed by atoms with Crippen LogP contribution in [0.25, 0.3) is 0 Å². The van der Waals surface area contributed by atoms with E-state index in [1.165, 1.54) is 5.56 Å². The molecule has 2 atom stereocenters. The van der Waals surface area contributed by atoms with Gasteiger partial charge in [-0.2, -0.15) is 0 Å². The number of likely N-dealkylation sites (N-methyl/N-ethyl adjacent to an activating group) is 1. The molecule has 0 amide bonds. The predicted octanol–water partition coefficient (Wildman–Crippen LogP) is 2.59. The van der Waals surface area contributed by atoms with Gasteiger partial charge in [-0.3, -0.25) is 4.90 Å². The van der Waals surface area contributed by atoms with E-state index < -0.39 is 0 Å². The molecule has 0 spiro atoms. The first kappa shape index (κ1) is 13.2. The Balaban J connectivity index is 2.92. The van der Waals surface area contributed by atoms with Gasteiger partial charge in [-0.25, -0.2) is 0 Å². The van der Waals surface area contributed by atoms with Crippen LogP contribution in [0.4, 0.5) is 0 Å². The summed E-state index contributed by atoms with van der Waals surface area (Å²) in [5.41, 5.74) is 7.40. The molecule has 0 fully saturated rings. The van der Waals surface area contributed by atoms with E-state index in [9.17, 15) is 0 Å². The van der Waals surface area contributed by atoms with Crippen molar-refractivity contribution < 1.29 is 0 Å². The van der Waals surface area contributed by atoms with Gasteiger partial charge in [0.15, 0.2) is 0 Å². The number of nitrogens with two attached hydrogens (primary N) is 1. The summed E-state index contributed by atoms with van der Waals surface area (Å²) in [5, 5.41) is 0. The molecular weight excluding hydrogens is 196 g/mol. The number of benzene rings is 1. The fourth-order valence-corrected chi connectivity index (χ4v) is 2.19. The lowest BCUT2D eigenvalue weighted by Gasteiger charge is -2.39. The third-order valence-electron chi connectivity index (χ3n) is 3.62. The molecule has 0 heterocycles. The van der Waals surface area contributed by atoms with Crippen LogP contribution >= 0.6 is 0 Å². The van der Waals surface area contributed by atoms with Crippen LogP contribution in [-0.2, 0) is 5.54 Å². The highest BCUT2D eigenvalue weighted by Gasteiger charge is 2.31. The normalized spacial score (nSPS) is 17.1. The Hall–Kier alpha value is -0.860. The summed E-state index contributed by atoms with van der Waals surface area (Å²) in [4.78, 5) is 2.40. The Bertz CT molecular complexity index is 302. The molecule has 0 aliphatic carbocycles. The molecule has 2 N–H and O–H groups in total. The molecule has 1 aromatic rings. The summed E-state index contributed by atoms with van der Waals surface area (Å²) >= 11 is 0. The van der Waals surface area contributed by atoms with Gasteiger partial charge in [0.1, 0.15) is 0 Å². The summed E-state index contributed by atoms with van der Waals surface area (Å²) in [5.74, 6) is 0. The zero-order chi connectivity index (χ0) is 12.2. The van der Waals surface area contributed by atoms with Crippen molar-refractivity contribution in [2.45, 2.75) is 39.3 Å². The molecule has 90 valence electrons. The van der Waals surface area contributed by atoms with Gasteiger partial charge >= 0.3 is 0 Å². The van der Waals surface area contributed by atoms with Crippen molar-refractivity contribution in [1.82, 2.24) is 4.90 Å². The molecule has 0 saturated carbocycles. The second kappa shape index (κ2) is 5.46. The Morgan fingerprint density at radius 2 is 1.69 bits per heavy atom. The van der Waals surface area contributed by atoms with E-state index in [0.29, 0.717) is 6.04 Å². The minimum absolute atomic E-state index is 0.298. The third-order valence-corrected chi connectivity index (χ3v) is 3.62. The van der Waals surface area contributed by atoms with E-state index in [1.54, 1.807) is 0 Å². The van der Waals surface area contributed by atoms with Gasteiger partial charge < -0.3 is 5.73 Å². The van der Waals surface area contributed by atoms with Crippen molar-refractivity contribution in [3.8, 4) is 0 Å². The highest BCUT2D eigenvalue weighted by Crippen LogP contribution is 2.24. The van der Waals surface area contributed by atoms with Crippen LogP contribution in [0.15, 0.2) is 30.3 Å². The molecular formula is C14H24N2. The first-order chi connectivity index (χ1) is 7.54. The molecule has 16 heavy (non-hydrogen) atoms. The SMILES string of the molecule is CCN(CC)C(C)C(C)(N)c1ccccc1. The van der Waals surface area contributed by atoms with E-state index in [2.05, 4.69) is 56.9 Å². The quantitative estimate of drug-likeness (QED) is 0.826. The lowest BCUT2D eigenvalue weighted by atomic mass is 9.85. The lowest BCUT2D eigenvalue weighted by molar-refractivity contribution is 0.154. The van der Waals surface area contributed by atoms with Gasteiger partial charge in [0, 0.05) is 6.04 Å². The highest BCUT2D eigenvalue weighted by atomic mass is 15.2. The van der Waals surface area contributed by atoms with Crippen LogP contribution < -0.4 is 5.73 Å². The van der Waals surface area contributed by atoms with Crippen LogP contribution in [-0.4, -0.2) is 24.0 Å². The summed E-state index contributed by atoms with van der Waals surface area (Å²) in [6, 6.07) is 10.7. The number of nitrogens with zero attached hydrogens (tertiary/aromatic N) is 1. The largest absolute Gasteiger partial charge is 0.320 e. The number of hydrogen-bond acceptors (Lipinski definition) is 2. The Morgan fingerprint density at radius 1 is 1.19 bits per heavy atom. The van der Waals surface area contributed by atoms with E-state index >= 15 is 0 Å². The Morgan fingerprint density at radius 3 is 2.12 bits per heavy atom.